The fourth-order valence-electron chi connectivity index (χ4n) is 2.14. The van der Waals surface area contributed by atoms with E-state index in [9.17, 15) is 9.59 Å². The van der Waals surface area contributed by atoms with E-state index in [0.29, 0.717) is 29.9 Å². The zero-order valence-corrected chi connectivity index (χ0v) is 12.7. The molecule has 21 heavy (non-hydrogen) atoms. The lowest BCUT2D eigenvalue weighted by Gasteiger charge is -2.06. The van der Waals surface area contributed by atoms with Crippen molar-refractivity contribution in [1.82, 2.24) is 14.9 Å². The van der Waals surface area contributed by atoms with Gasteiger partial charge in [-0.15, -0.1) is 0 Å². The number of amides is 1. The molecule has 0 unspecified atom stereocenters. The zero-order valence-electron chi connectivity index (χ0n) is 12.7. The topological polar surface area (TPSA) is 77.1 Å². The first-order valence-corrected chi connectivity index (χ1v) is 7.26. The van der Waals surface area contributed by atoms with E-state index in [4.69, 9.17) is 4.42 Å². The van der Waals surface area contributed by atoms with E-state index < -0.39 is 0 Å². The molecule has 6 nitrogen and oxygen atoms in total. The molecule has 0 radical (unpaired) electrons. The van der Waals surface area contributed by atoms with E-state index in [1.165, 1.54) is 10.9 Å². The van der Waals surface area contributed by atoms with E-state index in [0.717, 1.165) is 18.4 Å². The van der Waals surface area contributed by atoms with Crippen LogP contribution < -0.4 is 10.9 Å². The summed E-state index contributed by atoms with van der Waals surface area (Å²) >= 11 is 0. The van der Waals surface area contributed by atoms with Crippen molar-refractivity contribution >= 4 is 17.0 Å². The first-order valence-electron chi connectivity index (χ1n) is 7.26. The van der Waals surface area contributed by atoms with E-state index in [-0.39, 0.29) is 17.9 Å². The fraction of sp³-hybridized carbons (Fsp3) is 0.533. The van der Waals surface area contributed by atoms with Gasteiger partial charge < -0.3 is 9.73 Å². The molecule has 114 valence electrons. The van der Waals surface area contributed by atoms with Crippen molar-refractivity contribution in [2.75, 3.05) is 6.54 Å². The van der Waals surface area contributed by atoms with E-state index in [1.807, 2.05) is 13.8 Å². The van der Waals surface area contributed by atoms with Gasteiger partial charge in [0.25, 0.3) is 5.56 Å². The van der Waals surface area contributed by atoms with Crippen LogP contribution in [0.2, 0.25) is 0 Å². The zero-order chi connectivity index (χ0) is 15.4. The Balaban J connectivity index is 2.09. The van der Waals surface area contributed by atoms with Gasteiger partial charge in [0.05, 0.1) is 0 Å². The first-order chi connectivity index (χ1) is 10.0. The molecule has 2 heterocycles. The predicted molar refractivity (Wildman–Crippen MR) is 80.3 cm³/mol. The summed E-state index contributed by atoms with van der Waals surface area (Å²) in [6.45, 7) is 6.72. The van der Waals surface area contributed by atoms with Crippen molar-refractivity contribution in [3.05, 3.63) is 28.0 Å². The maximum atomic E-state index is 12.4. The van der Waals surface area contributed by atoms with E-state index in [2.05, 4.69) is 17.2 Å². The molecule has 0 aliphatic carbocycles. The Morgan fingerprint density at radius 2 is 2.19 bits per heavy atom. The van der Waals surface area contributed by atoms with Gasteiger partial charge in [0.15, 0.2) is 0 Å². The van der Waals surface area contributed by atoms with Gasteiger partial charge in [-0.25, -0.2) is 4.98 Å². The quantitative estimate of drug-likeness (QED) is 0.825. The number of nitrogens with one attached hydrogen (secondary N) is 1. The van der Waals surface area contributed by atoms with Crippen molar-refractivity contribution in [3.63, 3.8) is 0 Å². The van der Waals surface area contributed by atoms with Gasteiger partial charge >= 0.3 is 0 Å². The van der Waals surface area contributed by atoms with Crippen LogP contribution in [0.1, 0.15) is 37.5 Å². The monoisotopic (exact) mass is 291 g/mol. The van der Waals surface area contributed by atoms with Crippen LogP contribution in [-0.4, -0.2) is 22.0 Å². The number of nitrogens with zero attached hydrogens (tertiary/aromatic N) is 2. The number of aromatic nitrogens is 2. The summed E-state index contributed by atoms with van der Waals surface area (Å²) in [5.74, 6) is 0.653. The fourth-order valence-corrected chi connectivity index (χ4v) is 2.14. The molecule has 6 heteroatoms. The number of fused-ring (bicyclic) bond motifs is 1. The molecular formula is C15H21N3O3. The van der Waals surface area contributed by atoms with Gasteiger partial charge in [-0.05, 0) is 20.3 Å². The SMILES string of the molecule is CCCCNC(=O)CCn1cnc2oc(C)c(C)c2c1=O. The largest absolute Gasteiger partial charge is 0.443 e. The molecule has 0 saturated heterocycles. The Kier molecular flexibility index (Phi) is 4.77. The number of furan rings is 1. The molecule has 2 aromatic heterocycles. The average molecular weight is 291 g/mol. The molecule has 1 N–H and O–H groups in total. The second kappa shape index (κ2) is 6.56. The maximum Gasteiger partial charge on any atom is 0.264 e. The third-order valence-corrected chi connectivity index (χ3v) is 3.59. The summed E-state index contributed by atoms with van der Waals surface area (Å²) in [6, 6.07) is 0. The summed E-state index contributed by atoms with van der Waals surface area (Å²) in [5, 5.41) is 3.33. The number of unbranched alkanes of at least 4 members (excludes halogenated alkanes) is 1. The van der Waals surface area contributed by atoms with Gasteiger partial charge in [-0.2, -0.15) is 0 Å². The highest BCUT2D eigenvalue weighted by atomic mass is 16.3. The number of rotatable bonds is 6. The molecule has 2 rings (SSSR count). The Labute approximate surface area is 123 Å². The van der Waals surface area contributed by atoms with Crippen molar-refractivity contribution < 1.29 is 9.21 Å². The number of carbonyl (C=O) groups is 1. The smallest absolute Gasteiger partial charge is 0.264 e. The third-order valence-electron chi connectivity index (χ3n) is 3.59. The van der Waals surface area contributed by atoms with Gasteiger partial charge in [-0.3, -0.25) is 14.2 Å². The molecule has 0 spiro atoms. The van der Waals surface area contributed by atoms with Crippen molar-refractivity contribution in [3.8, 4) is 0 Å². The Bertz CT molecular complexity index is 700. The van der Waals surface area contributed by atoms with Crippen LogP contribution in [0, 0.1) is 13.8 Å². The molecule has 1 amide bonds. The highest BCUT2D eigenvalue weighted by molar-refractivity contribution is 5.77. The van der Waals surface area contributed by atoms with Crippen LogP contribution in [0.15, 0.2) is 15.5 Å². The minimum atomic E-state index is -0.157. The van der Waals surface area contributed by atoms with Crippen molar-refractivity contribution in [2.45, 2.75) is 46.6 Å². The van der Waals surface area contributed by atoms with Crippen molar-refractivity contribution in [2.24, 2.45) is 0 Å². The average Bonchev–Trinajstić information content (AvgIpc) is 2.74. The van der Waals surface area contributed by atoms with Crippen LogP contribution >= 0.6 is 0 Å². The Morgan fingerprint density at radius 1 is 1.43 bits per heavy atom. The lowest BCUT2D eigenvalue weighted by molar-refractivity contribution is -0.121. The molecule has 0 saturated carbocycles. The third kappa shape index (κ3) is 3.32. The minimum Gasteiger partial charge on any atom is -0.443 e. The lowest BCUT2D eigenvalue weighted by Crippen LogP contribution is -2.28. The molecule has 0 aliphatic rings. The normalized spacial score (nSPS) is 11.0. The summed E-state index contributed by atoms with van der Waals surface area (Å²) in [5.41, 5.74) is 1.01. The van der Waals surface area contributed by atoms with E-state index in [1.54, 1.807) is 0 Å². The standard InChI is InChI=1S/C15H21N3O3/c1-4-5-7-16-12(19)6-8-18-9-17-14-13(15(18)20)10(2)11(3)21-14/h9H,4-8H2,1-3H3,(H,16,19). The van der Waals surface area contributed by atoms with Gasteiger partial charge in [0.1, 0.15) is 17.5 Å². The lowest BCUT2D eigenvalue weighted by atomic mass is 10.2. The molecule has 0 atom stereocenters. The highest BCUT2D eigenvalue weighted by Crippen LogP contribution is 2.18. The molecule has 0 aromatic carbocycles. The predicted octanol–water partition coefficient (Wildman–Crippen LogP) is 1.91. The Morgan fingerprint density at radius 3 is 2.90 bits per heavy atom. The van der Waals surface area contributed by atoms with E-state index >= 15 is 0 Å². The molecule has 0 fully saturated rings. The summed E-state index contributed by atoms with van der Waals surface area (Å²) in [7, 11) is 0. The van der Waals surface area contributed by atoms with Gasteiger partial charge in [0, 0.05) is 25.1 Å². The molecular weight excluding hydrogens is 270 g/mol. The highest BCUT2D eigenvalue weighted by Gasteiger charge is 2.14. The van der Waals surface area contributed by atoms with Crippen LogP contribution in [0.3, 0.4) is 0 Å². The van der Waals surface area contributed by atoms with Crippen molar-refractivity contribution in [1.29, 1.82) is 0 Å². The van der Waals surface area contributed by atoms with Gasteiger partial charge in [-0.1, -0.05) is 13.3 Å². The molecule has 2 aromatic rings. The summed E-state index contributed by atoms with van der Waals surface area (Å²) in [6.07, 6.45) is 3.71. The number of aryl methyl sites for hydroxylation is 3. The van der Waals surface area contributed by atoms with Crippen LogP contribution in [0.4, 0.5) is 0 Å². The second-order valence-electron chi connectivity index (χ2n) is 5.16. The summed E-state index contributed by atoms with van der Waals surface area (Å²) < 4.78 is 6.88. The van der Waals surface area contributed by atoms with Crippen LogP contribution in [0.5, 0.6) is 0 Å². The maximum absolute atomic E-state index is 12.4. The number of hydrogen-bond donors (Lipinski definition) is 1. The second-order valence-corrected chi connectivity index (χ2v) is 5.16. The molecule has 0 aliphatic heterocycles. The minimum absolute atomic E-state index is 0.0458. The first kappa shape index (κ1) is 15.3. The summed E-state index contributed by atoms with van der Waals surface area (Å²) in [4.78, 5) is 28.2. The number of carbonyl (C=O) groups excluding carboxylic acids is 1. The number of hydrogen-bond acceptors (Lipinski definition) is 4. The Hall–Kier alpha value is -2.11. The van der Waals surface area contributed by atoms with Crippen LogP contribution in [-0.2, 0) is 11.3 Å². The van der Waals surface area contributed by atoms with Gasteiger partial charge in [0.2, 0.25) is 11.6 Å². The van der Waals surface area contributed by atoms with Crippen LogP contribution in [0.25, 0.3) is 11.1 Å². The molecule has 0 bridgehead atoms.